The number of benzene rings is 4. The Bertz CT molecular complexity index is 1550. The van der Waals surface area contributed by atoms with Gasteiger partial charge in [-0.2, -0.15) is 0 Å². The van der Waals surface area contributed by atoms with E-state index in [1.54, 1.807) is 7.11 Å². The first-order valence-electron chi connectivity index (χ1n) is 15.7. The van der Waals surface area contributed by atoms with Crippen molar-refractivity contribution in [1.29, 1.82) is 0 Å². The van der Waals surface area contributed by atoms with E-state index >= 15 is 0 Å². The largest absolute Gasteiger partial charge is 0.486 e. The van der Waals surface area contributed by atoms with Crippen LogP contribution in [0.15, 0.2) is 97.1 Å². The highest BCUT2D eigenvalue weighted by Crippen LogP contribution is 2.46. The van der Waals surface area contributed by atoms with Gasteiger partial charge in [-0.15, -0.1) is 0 Å². The average molecular weight is 629 g/mol. The molecule has 236 valence electrons. The van der Waals surface area contributed by atoms with E-state index in [4.69, 9.17) is 40.0 Å². The van der Waals surface area contributed by atoms with Gasteiger partial charge in [0, 0.05) is 23.6 Å². The fraction of sp³-hybridized carbons (Fsp3) is 0.368. The van der Waals surface area contributed by atoms with Gasteiger partial charge >= 0.3 is 0 Å². The zero-order valence-corrected chi connectivity index (χ0v) is 26.9. The lowest BCUT2D eigenvalue weighted by molar-refractivity contribution is -0.369. The van der Waals surface area contributed by atoms with Crippen molar-refractivity contribution in [1.82, 2.24) is 0 Å². The molecule has 2 aliphatic rings. The first kappa shape index (κ1) is 31.6. The van der Waals surface area contributed by atoms with Gasteiger partial charge in [0.25, 0.3) is 0 Å². The predicted octanol–water partition coefficient (Wildman–Crippen LogP) is 8.12. The number of methoxy groups -OCH3 is 1. The van der Waals surface area contributed by atoms with E-state index < -0.39 is 11.9 Å². The third kappa shape index (κ3) is 6.91. The third-order valence-corrected chi connectivity index (χ3v) is 9.19. The molecule has 1 saturated heterocycles. The SMILES string of the molecule is CC[C@H]1OC(OC)(c2ccc(Cl)c(Cc3ccc4c(c3)OCCO4)c2)[C@H](OCc2ccccc2)[C@@H](OCc2ccccc2)[C@@H]1C. The van der Waals surface area contributed by atoms with E-state index in [1.807, 2.05) is 66.7 Å². The first-order valence-corrected chi connectivity index (χ1v) is 16.1. The zero-order chi connectivity index (χ0) is 31.2. The molecule has 4 aromatic rings. The highest BCUT2D eigenvalue weighted by molar-refractivity contribution is 6.31. The van der Waals surface area contributed by atoms with E-state index in [0.29, 0.717) is 37.9 Å². The Morgan fingerprint density at radius 1 is 0.778 bits per heavy atom. The molecule has 0 N–H and O–H groups in total. The van der Waals surface area contributed by atoms with Gasteiger partial charge in [-0.25, -0.2) is 0 Å². The van der Waals surface area contributed by atoms with Crippen LogP contribution in [0.1, 0.15) is 48.1 Å². The molecule has 45 heavy (non-hydrogen) atoms. The van der Waals surface area contributed by atoms with E-state index in [1.165, 1.54) is 0 Å². The van der Waals surface area contributed by atoms with Gasteiger partial charge in [0.15, 0.2) is 11.5 Å². The Balaban J connectivity index is 1.37. The highest BCUT2D eigenvalue weighted by Gasteiger charge is 2.56. The van der Waals surface area contributed by atoms with Crippen molar-refractivity contribution < 1.29 is 28.4 Å². The summed E-state index contributed by atoms with van der Waals surface area (Å²) in [6.45, 7) is 6.24. The Labute approximate surface area is 271 Å². The van der Waals surface area contributed by atoms with E-state index in [9.17, 15) is 0 Å². The lowest BCUT2D eigenvalue weighted by Crippen LogP contribution is -2.62. The Kier molecular flexibility index (Phi) is 10.1. The molecule has 1 unspecified atom stereocenters. The van der Waals surface area contributed by atoms with Crippen LogP contribution in [0.2, 0.25) is 5.02 Å². The van der Waals surface area contributed by atoms with Gasteiger partial charge < -0.3 is 28.4 Å². The Morgan fingerprint density at radius 3 is 2.11 bits per heavy atom. The van der Waals surface area contributed by atoms with Crippen LogP contribution in [0.3, 0.4) is 0 Å². The number of hydrogen-bond acceptors (Lipinski definition) is 6. The molecule has 0 saturated carbocycles. The van der Waals surface area contributed by atoms with Gasteiger partial charge in [0.1, 0.15) is 19.3 Å². The van der Waals surface area contributed by atoms with E-state index in [-0.39, 0.29) is 18.1 Å². The standard InChI is InChI=1S/C38H41ClO6/c1-4-33-26(2)36(43-24-27-11-7-5-8-12-27)37(44-25-28-13-9-6-10-14-28)38(40-3,45-33)31-16-17-32(39)30(23-31)21-29-15-18-34-35(22-29)42-20-19-41-34/h5-18,22-23,26,33,36-37H,4,19-21,24-25H2,1-3H3/t26-,33-,36+,37-,38?/m1/s1. The summed E-state index contributed by atoms with van der Waals surface area (Å²) in [5.74, 6) is 0.323. The highest BCUT2D eigenvalue weighted by atomic mass is 35.5. The normalized spacial score (nSPS) is 24.4. The van der Waals surface area contributed by atoms with Crippen molar-refractivity contribution in [3.8, 4) is 11.5 Å². The minimum atomic E-state index is -1.24. The third-order valence-electron chi connectivity index (χ3n) is 8.82. The van der Waals surface area contributed by atoms with Crippen LogP contribution in [-0.2, 0) is 44.4 Å². The first-order chi connectivity index (χ1) is 22.0. The smallest absolute Gasteiger partial charge is 0.224 e. The Morgan fingerprint density at radius 2 is 1.44 bits per heavy atom. The summed E-state index contributed by atoms with van der Waals surface area (Å²) in [4.78, 5) is 0. The molecule has 0 amide bonds. The summed E-state index contributed by atoms with van der Waals surface area (Å²) in [6.07, 6.45) is 0.372. The predicted molar refractivity (Wildman–Crippen MR) is 175 cm³/mol. The van der Waals surface area contributed by atoms with Crippen molar-refractivity contribution in [2.24, 2.45) is 5.92 Å². The molecule has 2 heterocycles. The van der Waals surface area contributed by atoms with Crippen LogP contribution in [-0.4, -0.2) is 38.6 Å². The summed E-state index contributed by atoms with van der Waals surface area (Å²) in [5, 5.41) is 0.662. The minimum absolute atomic E-state index is 0.0484. The number of halogens is 1. The molecule has 6 rings (SSSR count). The molecule has 0 aromatic heterocycles. The van der Waals surface area contributed by atoms with Crippen LogP contribution in [0.5, 0.6) is 11.5 Å². The maximum absolute atomic E-state index is 6.97. The van der Waals surface area contributed by atoms with Crippen LogP contribution >= 0.6 is 11.6 Å². The number of ether oxygens (including phenoxy) is 6. The lowest BCUT2D eigenvalue weighted by atomic mass is 9.81. The van der Waals surface area contributed by atoms with Gasteiger partial charge in [0.2, 0.25) is 5.79 Å². The van der Waals surface area contributed by atoms with E-state index in [0.717, 1.165) is 45.7 Å². The molecular weight excluding hydrogens is 588 g/mol. The fourth-order valence-electron chi connectivity index (χ4n) is 6.39. The second-order valence-corrected chi connectivity index (χ2v) is 12.1. The number of hydrogen-bond donors (Lipinski definition) is 0. The van der Waals surface area contributed by atoms with Crippen LogP contribution in [0, 0.1) is 5.92 Å². The molecule has 1 fully saturated rings. The number of rotatable bonds is 11. The fourth-order valence-corrected chi connectivity index (χ4v) is 6.57. The summed E-state index contributed by atoms with van der Waals surface area (Å²) in [6, 6.07) is 32.4. The van der Waals surface area contributed by atoms with Crippen LogP contribution in [0.25, 0.3) is 0 Å². The summed E-state index contributed by atoms with van der Waals surface area (Å²) < 4.78 is 38.5. The van der Waals surface area contributed by atoms with Gasteiger partial charge in [0.05, 0.1) is 25.4 Å². The van der Waals surface area contributed by atoms with Crippen molar-refractivity contribution in [3.05, 3.63) is 130 Å². The monoisotopic (exact) mass is 628 g/mol. The second kappa shape index (κ2) is 14.4. The van der Waals surface area contributed by atoms with Crippen molar-refractivity contribution >= 4 is 11.6 Å². The summed E-state index contributed by atoms with van der Waals surface area (Å²) >= 11 is 6.83. The van der Waals surface area contributed by atoms with Crippen LogP contribution in [0.4, 0.5) is 0 Å². The van der Waals surface area contributed by atoms with Gasteiger partial charge in [-0.1, -0.05) is 98.2 Å². The summed E-state index contributed by atoms with van der Waals surface area (Å²) in [5.41, 5.74) is 5.00. The molecule has 2 aliphatic heterocycles. The minimum Gasteiger partial charge on any atom is -0.486 e. The molecule has 5 atom stereocenters. The zero-order valence-electron chi connectivity index (χ0n) is 26.1. The molecule has 0 spiro atoms. The summed E-state index contributed by atoms with van der Waals surface area (Å²) in [7, 11) is 1.69. The molecule has 0 aliphatic carbocycles. The molecular formula is C38H41ClO6. The maximum atomic E-state index is 6.97. The number of fused-ring (bicyclic) bond motifs is 1. The second-order valence-electron chi connectivity index (χ2n) is 11.7. The molecule has 0 bridgehead atoms. The van der Waals surface area contributed by atoms with Crippen LogP contribution < -0.4 is 9.47 Å². The molecule has 7 heteroatoms. The van der Waals surface area contributed by atoms with Gasteiger partial charge in [-0.05, 0) is 59.4 Å². The van der Waals surface area contributed by atoms with Crippen molar-refractivity contribution in [2.75, 3.05) is 20.3 Å². The quantitative estimate of drug-likeness (QED) is 0.167. The van der Waals surface area contributed by atoms with E-state index in [2.05, 4.69) is 44.2 Å². The average Bonchev–Trinajstić information content (AvgIpc) is 3.09. The molecule has 4 aromatic carbocycles. The topological polar surface area (TPSA) is 55.4 Å². The molecule has 6 nitrogen and oxygen atoms in total. The van der Waals surface area contributed by atoms with Crippen molar-refractivity contribution in [3.63, 3.8) is 0 Å². The molecule has 0 radical (unpaired) electrons. The Hall–Kier alpha value is -3.39. The van der Waals surface area contributed by atoms with Gasteiger partial charge in [-0.3, -0.25) is 0 Å². The van der Waals surface area contributed by atoms with Crippen molar-refractivity contribution in [2.45, 2.75) is 64.0 Å². The maximum Gasteiger partial charge on any atom is 0.224 e. The lowest BCUT2D eigenvalue weighted by Gasteiger charge is -2.52.